The van der Waals surface area contributed by atoms with E-state index in [4.69, 9.17) is 10.6 Å². The predicted octanol–water partition coefficient (Wildman–Crippen LogP) is 1.29. The van der Waals surface area contributed by atoms with Crippen LogP contribution in [0.25, 0.3) is 0 Å². The molecule has 0 aromatic carbocycles. The summed E-state index contributed by atoms with van der Waals surface area (Å²) in [7, 11) is 1.68. The predicted molar refractivity (Wildman–Crippen MR) is 79.4 cm³/mol. The van der Waals surface area contributed by atoms with E-state index in [1.165, 1.54) is 12.8 Å². The van der Waals surface area contributed by atoms with Gasteiger partial charge in [0.05, 0.1) is 19.3 Å². The zero-order chi connectivity index (χ0) is 14.8. The smallest absolute Gasteiger partial charge is 0.161 e. The second kappa shape index (κ2) is 6.11. The van der Waals surface area contributed by atoms with Crippen molar-refractivity contribution < 1.29 is 4.74 Å². The van der Waals surface area contributed by atoms with Crippen LogP contribution in [0.15, 0.2) is 6.20 Å². The van der Waals surface area contributed by atoms with Crippen molar-refractivity contribution in [2.24, 2.45) is 5.84 Å². The molecule has 6 nitrogen and oxygen atoms in total. The van der Waals surface area contributed by atoms with Crippen molar-refractivity contribution in [2.75, 3.05) is 20.2 Å². The van der Waals surface area contributed by atoms with Gasteiger partial charge >= 0.3 is 0 Å². The van der Waals surface area contributed by atoms with Crippen LogP contribution in [0.5, 0.6) is 5.75 Å². The Hall–Kier alpha value is -1.11. The first-order valence-electron chi connectivity index (χ1n) is 7.37. The second-order valence-corrected chi connectivity index (χ2v) is 5.86. The molecule has 0 aliphatic carbocycles. The first kappa shape index (κ1) is 15.3. The van der Waals surface area contributed by atoms with Crippen LogP contribution in [0.1, 0.15) is 45.3 Å². The van der Waals surface area contributed by atoms with Gasteiger partial charge in [-0.2, -0.15) is 5.10 Å². The van der Waals surface area contributed by atoms with Gasteiger partial charge in [-0.05, 0) is 46.7 Å². The van der Waals surface area contributed by atoms with Gasteiger partial charge in [-0.1, -0.05) is 0 Å². The fraction of sp³-hybridized carbons (Fsp3) is 0.786. The van der Waals surface area contributed by atoms with E-state index in [2.05, 4.69) is 36.2 Å². The summed E-state index contributed by atoms with van der Waals surface area (Å²) < 4.78 is 7.43. The number of likely N-dealkylation sites (tertiary alicyclic amines) is 1. The number of ether oxygens (including phenoxy) is 1. The van der Waals surface area contributed by atoms with Crippen molar-refractivity contribution >= 4 is 0 Å². The van der Waals surface area contributed by atoms with Crippen molar-refractivity contribution in [1.29, 1.82) is 0 Å². The number of hydrogen-bond acceptors (Lipinski definition) is 5. The van der Waals surface area contributed by atoms with Crippen molar-refractivity contribution in [3.63, 3.8) is 0 Å². The van der Waals surface area contributed by atoms with E-state index in [1.807, 2.05) is 4.68 Å². The molecule has 2 rings (SSSR count). The highest BCUT2D eigenvalue weighted by atomic mass is 16.5. The second-order valence-electron chi connectivity index (χ2n) is 5.86. The topological polar surface area (TPSA) is 68.3 Å². The highest BCUT2D eigenvalue weighted by molar-refractivity contribution is 5.31. The quantitative estimate of drug-likeness (QED) is 0.607. The number of hydrazine groups is 1. The van der Waals surface area contributed by atoms with Crippen LogP contribution in [-0.2, 0) is 6.54 Å². The first-order valence-corrected chi connectivity index (χ1v) is 7.37. The highest BCUT2D eigenvalue weighted by Gasteiger charge is 2.40. The Balaban J connectivity index is 2.38. The number of aryl methyl sites for hydroxylation is 1. The van der Waals surface area contributed by atoms with Gasteiger partial charge in [0.2, 0.25) is 0 Å². The maximum atomic E-state index is 5.89. The summed E-state index contributed by atoms with van der Waals surface area (Å²) in [4.78, 5) is 2.49. The Morgan fingerprint density at radius 2 is 2.10 bits per heavy atom. The molecule has 2 heterocycles. The van der Waals surface area contributed by atoms with Gasteiger partial charge in [0, 0.05) is 12.1 Å². The molecule has 0 bridgehead atoms. The fourth-order valence-electron chi connectivity index (χ4n) is 3.17. The Morgan fingerprint density at radius 3 is 2.60 bits per heavy atom. The van der Waals surface area contributed by atoms with Crippen LogP contribution < -0.4 is 16.0 Å². The minimum absolute atomic E-state index is 0.0296. The number of nitrogens with one attached hydrogen (secondary N) is 1. The maximum absolute atomic E-state index is 5.89. The molecule has 1 atom stereocenters. The van der Waals surface area contributed by atoms with Crippen molar-refractivity contribution in [3.05, 3.63) is 11.9 Å². The third-order valence-electron chi connectivity index (χ3n) is 4.43. The van der Waals surface area contributed by atoms with E-state index < -0.39 is 0 Å². The molecule has 114 valence electrons. The van der Waals surface area contributed by atoms with Gasteiger partial charge < -0.3 is 4.74 Å². The Labute approximate surface area is 121 Å². The lowest BCUT2D eigenvalue weighted by molar-refractivity contribution is 0.101. The lowest BCUT2D eigenvalue weighted by Crippen LogP contribution is -2.53. The highest BCUT2D eigenvalue weighted by Crippen LogP contribution is 2.37. The normalized spacial score (nSPS) is 18.4. The zero-order valence-corrected chi connectivity index (χ0v) is 13.0. The average Bonchev–Trinajstić information content (AvgIpc) is 3.09. The Kier molecular flexibility index (Phi) is 4.67. The molecule has 1 aromatic heterocycles. The van der Waals surface area contributed by atoms with Crippen LogP contribution in [0.4, 0.5) is 0 Å². The Morgan fingerprint density at radius 1 is 1.45 bits per heavy atom. The number of nitrogens with zero attached hydrogens (tertiary/aromatic N) is 3. The molecule has 1 fully saturated rings. The summed E-state index contributed by atoms with van der Waals surface area (Å²) >= 11 is 0. The number of rotatable bonds is 6. The van der Waals surface area contributed by atoms with Crippen LogP contribution in [-0.4, -0.2) is 40.4 Å². The molecule has 0 saturated carbocycles. The number of nitrogens with two attached hydrogens (primary N) is 1. The molecule has 1 unspecified atom stereocenters. The SMILES string of the molecule is CCn1ncc(OC)c1C(NN)C(C)(C)N1CCCC1. The summed E-state index contributed by atoms with van der Waals surface area (Å²) in [5.41, 5.74) is 3.92. The standard InChI is InChI=1S/C14H27N5O/c1-5-19-12(11(20-4)10-16-19)13(17-15)14(2,3)18-8-6-7-9-18/h10,13,17H,5-9,15H2,1-4H3. The molecule has 0 spiro atoms. The minimum Gasteiger partial charge on any atom is -0.493 e. The van der Waals surface area contributed by atoms with E-state index in [1.54, 1.807) is 13.3 Å². The van der Waals surface area contributed by atoms with E-state index in [0.29, 0.717) is 0 Å². The molecule has 0 amide bonds. The maximum Gasteiger partial charge on any atom is 0.161 e. The molecular formula is C14H27N5O. The minimum atomic E-state index is -0.0918. The molecule has 20 heavy (non-hydrogen) atoms. The van der Waals surface area contributed by atoms with Gasteiger partial charge in [0.1, 0.15) is 5.69 Å². The zero-order valence-electron chi connectivity index (χ0n) is 13.0. The summed E-state index contributed by atoms with van der Waals surface area (Å²) in [6.07, 6.45) is 4.28. The monoisotopic (exact) mass is 281 g/mol. The summed E-state index contributed by atoms with van der Waals surface area (Å²) in [5, 5.41) is 4.39. The molecule has 1 aliphatic heterocycles. The van der Waals surface area contributed by atoms with Crippen LogP contribution >= 0.6 is 0 Å². The molecule has 1 aliphatic rings. The van der Waals surface area contributed by atoms with E-state index >= 15 is 0 Å². The van der Waals surface area contributed by atoms with Gasteiger partial charge in [-0.15, -0.1) is 0 Å². The van der Waals surface area contributed by atoms with Crippen LogP contribution in [0.3, 0.4) is 0 Å². The molecule has 1 saturated heterocycles. The average molecular weight is 281 g/mol. The number of hydrogen-bond donors (Lipinski definition) is 2. The molecule has 3 N–H and O–H groups in total. The van der Waals surface area contributed by atoms with E-state index in [9.17, 15) is 0 Å². The lowest BCUT2D eigenvalue weighted by Gasteiger charge is -2.42. The largest absolute Gasteiger partial charge is 0.493 e. The van der Waals surface area contributed by atoms with E-state index in [0.717, 1.165) is 31.1 Å². The van der Waals surface area contributed by atoms with Crippen LogP contribution in [0, 0.1) is 0 Å². The Bertz CT molecular complexity index is 415. The summed E-state index contributed by atoms with van der Waals surface area (Å²) in [5.74, 6) is 6.69. The van der Waals surface area contributed by atoms with Crippen molar-refractivity contribution in [2.45, 2.75) is 51.7 Å². The summed E-state index contributed by atoms with van der Waals surface area (Å²) in [6, 6.07) is -0.0296. The summed E-state index contributed by atoms with van der Waals surface area (Å²) in [6.45, 7) is 9.57. The van der Waals surface area contributed by atoms with Gasteiger partial charge in [0.15, 0.2) is 5.75 Å². The number of methoxy groups -OCH3 is 1. The van der Waals surface area contributed by atoms with Crippen molar-refractivity contribution in [3.8, 4) is 5.75 Å². The van der Waals surface area contributed by atoms with Gasteiger partial charge in [-0.3, -0.25) is 15.4 Å². The van der Waals surface area contributed by atoms with Crippen LogP contribution in [0.2, 0.25) is 0 Å². The van der Waals surface area contributed by atoms with Crippen molar-refractivity contribution in [1.82, 2.24) is 20.1 Å². The van der Waals surface area contributed by atoms with Gasteiger partial charge in [-0.25, -0.2) is 5.43 Å². The molecule has 1 aromatic rings. The number of aromatic nitrogens is 2. The first-order chi connectivity index (χ1) is 9.56. The third kappa shape index (κ3) is 2.55. The molecular weight excluding hydrogens is 254 g/mol. The van der Waals surface area contributed by atoms with Gasteiger partial charge in [0.25, 0.3) is 0 Å². The van der Waals surface area contributed by atoms with E-state index in [-0.39, 0.29) is 11.6 Å². The molecule has 6 heteroatoms. The molecule has 0 radical (unpaired) electrons. The fourth-order valence-corrected chi connectivity index (χ4v) is 3.17. The lowest BCUT2D eigenvalue weighted by atomic mass is 9.90. The third-order valence-corrected chi connectivity index (χ3v) is 4.43.